The number of benzene rings is 1. The molecule has 4 rings (SSSR count). The molecule has 212 valence electrons. The first-order valence-corrected chi connectivity index (χ1v) is 13.4. The van der Waals surface area contributed by atoms with Crippen molar-refractivity contribution >= 4 is 11.9 Å². The summed E-state index contributed by atoms with van der Waals surface area (Å²) in [6, 6.07) is 4.99. The van der Waals surface area contributed by atoms with Crippen LogP contribution in [-0.4, -0.2) is 58.1 Å². The Labute approximate surface area is 224 Å². The van der Waals surface area contributed by atoms with Crippen LogP contribution in [0.1, 0.15) is 65.7 Å². The van der Waals surface area contributed by atoms with Crippen LogP contribution in [0.15, 0.2) is 36.5 Å². The fourth-order valence-electron chi connectivity index (χ4n) is 5.94. The molecule has 2 aliphatic rings. The highest BCUT2D eigenvalue weighted by Gasteiger charge is 2.45. The van der Waals surface area contributed by atoms with Gasteiger partial charge < -0.3 is 16.2 Å². The van der Waals surface area contributed by atoms with Gasteiger partial charge in [-0.1, -0.05) is 6.07 Å². The van der Waals surface area contributed by atoms with E-state index in [0.29, 0.717) is 49.3 Å². The Bertz CT molecular complexity index is 1160. The van der Waals surface area contributed by atoms with Crippen molar-refractivity contribution in [3.63, 3.8) is 0 Å². The van der Waals surface area contributed by atoms with Crippen LogP contribution in [-0.2, 0) is 23.8 Å². The summed E-state index contributed by atoms with van der Waals surface area (Å²) >= 11 is 0. The summed E-state index contributed by atoms with van der Waals surface area (Å²) < 4.78 is 52.7. The lowest BCUT2D eigenvalue weighted by Crippen LogP contribution is -2.44. The molecule has 0 aliphatic carbocycles. The number of alkyl halides is 3. The highest BCUT2D eigenvalue weighted by molar-refractivity contribution is 5.96. The zero-order chi connectivity index (χ0) is 28.2. The molecule has 2 aliphatic heterocycles. The number of carboxylic acid groups (broad SMARTS) is 1. The van der Waals surface area contributed by atoms with Gasteiger partial charge in [0.1, 0.15) is 11.9 Å². The Hall–Kier alpha value is -3.05. The number of nitrogens with one attached hydrogen (secondary N) is 1. The smallest absolute Gasteiger partial charge is 0.416 e. The molecule has 0 spiro atoms. The number of aryl methyl sites for hydroxylation is 2. The lowest BCUT2D eigenvalue weighted by atomic mass is 9.85. The van der Waals surface area contributed by atoms with Gasteiger partial charge in [0.15, 0.2) is 0 Å². The summed E-state index contributed by atoms with van der Waals surface area (Å²) in [7, 11) is 0. The van der Waals surface area contributed by atoms with Crippen molar-refractivity contribution in [1.29, 1.82) is 0 Å². The van der Waals surface area contributed by atoms with Crippen LogP contribution in [0.2, 0.25) is 0 Å². The lowest BCUT2D eigenvalue weighted by molar-refractivity contribution is -0.140. The average molecular weight is 551 g/mol. The van der Waals surface area contributed by atoms with Crippen molar-refractivity contribution in [2.45, 2.75) is 75.7 Å². The van der Waals surface area contributed by atoms with Crippen molar-refractivity contribution in [1.82, 2.24) is 15.2 Å². The molecule has 11 heteroatoms. The van der Waals surface area contributed by atoms with Gasteiger partial charge in [0.05, 0.1) is 5.56 Å². The molecule has 3 unspecified atom stereocenters. The van der Waals surface area contributed by atoms with Crippen molar-refractivity contribution in [3.05, 3.63) is 64.7 Å². The van der Waals surface area contributed by atoms with Gasteiger partial charge in [-0.3, -0.25) is 14.7 Å². The van der Waals surface area contributed by atoms with E-state index in [9.17, 15) is 32.3 Å². The molecule has 2 fully saturated rings. The maximum absolute atomic E-state index is 13.7. The van der Waals surface area contributed by atoms with Gasteiger partial charge in [-0.05, 0) is 93.7 Å². The van der Waals surface area contributed by atoms with Crippen LogP contribution in [0.3, 0.4) is 0 Å². The number of pyridine rings is 1. The maximum Gasteiger partial charge on any atom is 0.416 e. The number of hydrogen-bond acceptors (Lipinski definition) is 5. The Morgan fingerprint density at radius 2 is 1.97 bits per heavy atom. The Kier molecular flexibility index (Phi) is 9.22. The van der Waals surface area contributed by atoms with Crippen molar-refractivity contribution < 1.29 is 32.3 Å². The summed E-state index contributed by atoms with van der Waals surface area (Å²) in [5.74, 6) is -3.11. The van der Waals surface area contributed by atoms with Gasteiger partial charge in [0, 0.05) is 36.1 Å². The maximum atomic E-state index is 13.7. The van der Waals surface area contributed by atoms with E-state index in [1.165, 1.54) is 5.56 Å². The number of nitrogens with zero attached hydrogens (tertiary/aromatic N) is 2. The molecular weight excluding hydrogens is 516 g/mol. The molecule has 0 saturated carbocycles. The summed E-state index contributed by atoms with van der Waals surface area (Å²) in [4.78, 5) is 31.3. The van der Waals surface area contributed by atoms with Gasteiger partial charge >= 0.3 is 12.1 Å². The molecule has 4 N–H and O–H groups in total. The normalized spacial score (nSPS) is 21.7. The number of nitrogens with two attached hydrogens (primary N) is 1. The number of carboxylic acids is 1. The molecule has 39 heavy (non-hydrogen) atoms. The minimum absolute atomic E-state index is 0.0913. The predicted molar refractivity (Wildman–Crippen MR) is 136 cm³/mol. The third kappa shape index (κ3) is 7.33. The number of hydrogen-bond donors (Lipinski definition) is 3. The zero-order valence-corrected chi connectivity index (χ0v) is 21.6. The van der Waals surface area contributed by atoms with Crippen LogP contribution in [0.5, 0.6) is 0 Å². The number of rotatable bonds is 12. The molecule has 4 atom stereocenters. The molecule has 7 nitrogen and oxygen atoms in total. The third-order valence-corrected chi connectivity index (χ3v) is 7.90. The van der Waals surface area contributed by atoms with Crippen molar-refractivity contribution in [3.8, 4) is 0 Å². The van der Waals surface area contributed by atoms with E-state index in [-0.39, 0.29) is 6.42 Å². The summed E-state index contributed by atoms with van der Waals surface area (Å²) in [6.07, 6.45) is 3.93. The molecule has 0 radical (unpaired) electrons. The van der Waals surface area contributed by atoms with Gasteiger partial charge in [0.2, 0.25) is 0 Å². The summed E-state index contributed by atoms with van der Waals surface area (Å²) in [6.45, 7) is 1.09. The number of carbonyl (C=O) groups is 2. The van der Waals surface area contributed by atoms with Gasteiger partial charge in [-0.25, -0.2) is 9.18 Å². The first-order valence-electron chi connectivity index (χ1n) is 13.4. The van der Waals surface area contributed by atoms with E-state index >= 15 is 0 Å². The van der Waals surface area contributed by atoms with Crippen molar-refractivity contribution in [2.75, 3.05) is 13.1 Å². The first-order chi connectivity index (χ1) is 18.5. The second kappa shape index (κ2) is 12.4. The Morgan fingerprint density at radius 1 is 1.18 bits per heavy atom. The van der Waals surface area contributed by atoms with E-state index in [1.807, 2.05) is 6.20 Å². The van der Waals surface area contributed by atoms with Crippen LogP contribution < -0.4 is 11.1 Å². The Balaban J connectivity index is 1.31. The SMILES string of the molecule is NCCCc1ccc(CCC2CC3CCC2N3CC[C@H](NC(=O)c2cc(F)cc(C(F)(F)F)c2)C(=O)O)nc1. The number of aliphatic carboxylic acids is 1. The first kappa shape index (κ1) is 28.9. The van der Waals surface area contributed by atoms with Gasteiger partial charge in [-0.2, -0.15) is 13.2 Å². The minimum Gasteiger partial charge on any atom is -0.480 e. The van der Waals surface area contributed by atoms with E-state index in [2.05, 4.69) is 27.3 Å². The predicted octanol–water partition coefficient (Wildman–Crippen LogP) is 4.19. The average Bonchev–Trinajstić information content (AvgIpc) is 3.44. The van der Waals surface area contributed by atoms with Crippen LogP contribution in [0.25, 0.3) is 0 Å². The zero-order valence-electron chi connectivity index (χ0n) is 21.6. The monoisotopic (exact) mass is 550 g/mol. The fourth-order valence-corrected chi connectivity index (χ4v) is 5.94. The largest absolute Gasteiger partial charge is 0.480 e. The van der Waals surface area contributed by atoms with E-state index in [4.69, 9.17) is 5.73 Å². The molecule has 1 aromatic heterocycles. The second-order valence-corrected chi connectivity index (χ2v) is 10.5. The van der Waals surface area contributed by atoms with E-state index < -0.39 is 41.0 Å². The molecule has 2 saturated heterocycles. The number of carbonyl (C=O) groups excluding carboxylic acids is 1. The second-order valence-electron chi connectivity index (χ2n) is 10.5. The van der Waals surface area contributed by atoms with E-state index in [0.717, 1.165) is 50.6 Å². The molecule has 3 heterocycles. The number of aromatic nitrogens is 1. The fraction of sp³-hybridized carbons (Fsp3) is 0.536. The highest BCUT2D eigenvalue weighted by atomic mass is 19.4. The molecule has 1 aromatic carbocycles. The lowest BCUT2D eigenvalue weighted by Gasteiger charge is -2.26. The summed E-state index contributed by atoms with van der Waals surface area (Å²) in [5.41, 5.74) is 5.90. The molecule has 1 amide bonds. The minimum atomic E-state index is -4.83. The standard InChI is InChI=1S/C28H34F4N4O3/c29-21-13-19(12-20(15-21)28(30,31)32)26(37)35-24(27(38)39)9-11-36-23-7-8-25(36)18(14-23)4-6-22-5-3-17(16-34-22)2-1-10-33/h3,5,12-13,15-16,18,23-25H,1-2,4,6-11,14,33H2,(H,35,37)(H,38,39)/t18?,23?,24-,25?/m0/s1. The highest BCUT2D eigenvalue weighted by Crippen LogP contribution is 2.43. The van der Waals surface area contributed by atoms with E-state index in [1.54, 1.807) is 0 Å². The van der Waals surface area contributed by atoms with Gasteiger partial charge in [0.25, 0.3) is 5.91 Å². The molecule has 2 aromatic rings. The van der Waals surface area contributed by atoms with Crippen LogP contribution in [0.4, 0.5) is 17.6 Å². The van der Waals surface area contributed by atoms with Crippen LogP contribution >= 0.6 is 0 Å². The third-order valence-electron chi connectivity index (χ3n) is 7.90. The number of fused-ring (bicyclic) bond motifs is 2. The molecule has 2 bridgehead atoms. The topological polar surface area (TPSA) is 109 Å². The van der Waals surface area contributed by atoms with Crippen molar-refractivity contribution in [2.24, 2.45) is 11.7 Å². The van der Waals surface area contributed by atoms with Crippen LogP contribution in [0, 0.1) is 11.7 Å². The summed E-state index contributed by atoms with van der Waals surface area (Å²) in [5, 5.41) is 11.9. The Morgan fingerprint density at radius 3 is 2.64 bits per heavy atom. The van der Waals surface area contributed by atoms with Gasteiger partial charge in [-0.15, -0.1) is 0 Å². The number of halogens is 4. The quantitative estimate of drug-likeness (QED) is 0.342. The number of amides is 1. The molecular formula is C28H34F4N4O3.